The molecule has 1 aliphatic heterocycles. The molecule has 0 aliphatic carbocycles. The Bertz CT molecular complexity index is 478. The number of nitrogens with zero attached hydrogens (tertiary/aromatic N) is 3. The monoisotopic (exact) mass is 265 g/mol. The van der Waals surface area contributed by atoms with Crippen LogP contribution in [0.5, 0.6) is 0 Å². The number of hydrogen-bond donors (Lipinski definition) is 0. The van der Waals surface area contributed by atoms with Crippen molar-refractivity contribution in [2.75, 3.05) is 25.1 Å². The summed E-state index contributed by atoms with van der Waals surface area (Å²) in [6.45, 7) is 5.31. The van der Waals surface area contributed by atoms with E-state index in [9.17, 15) is 10.1 Å². The molecule has 0 radical (unpaired) electrons. The summed E-state index contributed by atoms with van der Waals surface area (Å²) >= 11 is 0. The number of rotatable bonds is 3. The van der Waals surface area contributed by atoms with Crippen molar-refractivity contribution in [3.05, 3.63) is 27.9 Å². The molecule has 0 N–H and O–H groups in total. The average Bonchev–Trinajstić information content (AvgIpc) is 2.38. The lowest BCUT2D eigenvalue weighted by Gasteiger charge is -2.36. The maximum absolute atomic E-state index is 11.2. The Labute approximate surface area is 112 Å². The van der Waals surface area contributed by atoms with Gasteiger partial charge in [0.25, 0.3) is 0 Å². The molecule has 104 valence electrons. The van der Waals surface area contributed by atoms with E-state index in [1.807, 2.05) is 4.90 Å². The zero-order valence-corrected chi connectivity index (χ0v) is 11.5. The number of anilines is 1. The van der Waals surface area contributed by atoms with Gasteiger partial charge in [0.05, 0.1) is 11.0 Å². The SMILES string of the molecule is COC1CN(c2nccc(C)c2[N+](=O)[O-])CCC1C. The Balaban J connectivity index is 2.32. The van der Waals surface area contributed by atoms with E-state index in [0.29, 0.717) is 23.8 Å². The lowest BCUT2D eigenvalue weighted by atomic mass is 9.95. The summed E-state index contributed by atoms with van der Waals surface area (Å²) in [5, 5.41) is 11.2. The minimum absolute atomic E-state index is 0.0932. The molecule has 19 heavy (non-hydrogen) atoms. The van der Waals surface area contributed by atoms with Gasteiger partial charge >= 0.3 is 5.69 Å². The predicted molar refractivity (Wildman–Crippen MR) is 72.4 cm³/mol. The van der Waals surface area contributed by atoms with E-state index in [1.165, 1.54) is 0 Å². The second kappa shape index (κ2) is 5.52. The smallest absolute Gasteiger partial charge is 0.314 e. The van der Waals surface area contributed by atoms with Crippen LogP contribution in [0.25, 0.3) is 0 Å². The van der Waals surface area contributed by atoms with Crippen molar-refractivity contribution >= 4 is 11.5 Å². The molecular formula is C13H19N3O3. The van der Waals surface area contributed by atoms with Crippen molar-refractivity contribution in [3.63, 3.8) is 0 Å². The molecule has 1 fully saturated rings. The van der Waals surface area contributed by atoms with E-state index in [-0.39, 0.29) is 16.7 Å². The molecule has 0 amide bonds. The zero-order valence-electron chi connectivity index (χ0n) is 11.5. The van der Waals surface area contributed by atoms with E-state index < -0.39 is 0 Å². The highest BCUT2D eigenvalue weighted by Crippen LogP contribution is 2.32. The summed E-state index contributed by atoms with van der Waals surface area (Å²) in [6, 6.07) is 1.67. The van der Waals surface area contributed by atoms with Crippen LogP contribution < -0.4 is 4.90 Å². The van der Waals surface area contributed by atoms with Crippen molar-refractivity contribution in [1.82, 2.24) is 4.98 Å². The van der Waals surface area contributed by atoms with Gasteiger partial charge in [0.1, 0.15) is 0 Å². The van der Waals surface area contributed by atoms with Crippen LogP contribution in [0, 0.1) is 23.0 Å². The summed E-state index contributed by atoms with van der Waals surface area (Å²) in [5.74, 6) is 0.920. The first-order valence-electron chi connectivity index (χ1n) is 6.42. The highest BCUT2D eigenvalue weighted by molar-refractivity contribution is 5.61. The standard InChI is InChI=1S/C13H19N3O3/c1-9-5-7-15(8-11(9)19-3)13-12(16(17)18)10(2)4-6-14-13/h4,6,9,11H,5,7-8H2,1-3H3. The van der Waals surface area contributed by atoms with Gasteiger partial charge in [0.2, 0.25) is 5.82 Å². The first-order chi connectivity index (χ1) is 9.04. The van der Waals surface area contributed by atoms with Crippen LogP contribution in [0.15, 0.2) is 12.3 Å². The fourth-order valence-corrected chi connectivity index (χ4v) is 2.53. The number of piperidine rings is 1. The fourth-order valence-electron chi connectivity index (χ4n) is 2.53. The number of ether oxygens (including phenoxy) is 1. The lowest BCUT2D eigenvalue weighted by Crippen LogP contribution is -2.44. The van der Waals surface area contributed by atoms with Gasteiger partial charge < -0.3 is 9.64 Å². The second-order valence-electron chi connectivity index (χ2n) is 5.04. The summed E-state index contributed by atoms with van der Waals surface area (Å²) < 4.78 is 5.45. The van der Waals surface area contributed by atoms with Gasteiger partial charge in [-0.25, -0.2) is 4.98 Å². The van der Waals surface area contributed by atoms with E-state index in [2.05, 4.69) is 11.9 Å². The van der Waals surface area contributed by atoms with Crippen LogP contribution in [-0.2, 0) is 4.74 Å². The molecule has 1 aliphatic rings. The number of aromatic nitrogens is 1. The van der Waals surface area contributed by atoms with Crippen molar-refractivity contribution in [2.45, 2.75) is 26.4 Å². The minimum Gasteiger partial charge on any atom is -0.379 e. The number of hydrogen-bond acceptors (Lipinski definition) is 5. The van der Waals surface area contributed by atoms with Crippen LogP contribution in [0.4, 0.5) is 11.5 Å². The normalized spacial score (nSPS) is 23.4. The van der Waals surface area contributed by atoms with Gasteiger partial charge in [-0.15, -0.1) is 0 Å². The molecule has 0 spiro atoms. The first-order valence-corrected chi connectivity index (χ1v) is 6.42. The van der Waals surface area contributed by atoms with Crippen LogP contribution in [-0.4, -0.2) is 36.2 Å². The maximum Gasteiger partial charge on any atom is 0.314 e. The fraction of sp³-hybridized carbons (Fsp3) is 0.615. The van der Waals surface area contributed by atoms with Crippen molar-refractivity contribution < 1.29 is 9.66 Å². The molecule has 0 bridgehead atoms. The number of methoxy groups -OCH3 is 1. The molecule has 2 atom stereocenters. The predicted octanol–water partition coefficient (Wildman–Crippen LogP) is 2.16. The van der Waals surface area contributed by atoms with Crippen molar-refractivity contribution in [2.24, 2.45) is 5.92 Å². The molecule has 2 unspecified atom stereocenters. The molecule has 6 nitrogen and oxygen atoms in total. The lowest BCUT2D eigenvalue weighted by molar-refractivity contribution is -0.384. The Kier molecular flexibility index (Phi) is 3.99. The quantitative estimate of drug-likeness (QED) is 0.618. The Hall–Kier alpha value is -1.69. The van der Waals surface area contributed by atoms with Crippen molar-refractivity contribution in [3.8, 4) is 0 Å². The Morgan fingerprint density at radius 3 is 2.95 bits per heavy atom. The van der Waals surface area contributed by atoms with Crippen LogP contribution in [0.1, 0.15) is 18.9 Å². The van der Waals surface area contributed by atoms with Gasteiger partial charge in [-0.05, 0) is 25.3 Å². The third-order valence-electron chi connectivity index (χ3n) is 3.78. The second-order valence-corrected chi connectivity index (χ2v) is 5.04. The molecule has 0 aromatic carbocycles. The van der Waals surface area contributed by atoms with E-state index in [0.717, 1.165) is 13.0 Å². The van der Waals surface area contributed by atoms with E-state index in [4.69, 9.17) is 4.74 Å². The van der Waals surface area contributed by atoms with Gasteiger partial charge in [-0.2, -0.15) is 0 Å². The highest BCUT2D eigenvalue weighted by Gasteiger charge is 2.31. The summed E-state index contributed by atoms with van der Waals surface area (Å²) in [6.07, 6.45) is 2.67. The van der Waals surface area contributed by atoms with Crippen LogP contribution in [0.2, 0.25) is 0 Å². The van der Waals surface area contributed by atoms with Gasteiger partial charge in [0.15, 0.2) is 0 Å². The van der Waals surface area contributed by atoms with Crippen LogP contribution >= 0.6 is 0 Å². The number of nitro groups is 1. The third kappa shape index (κ3) is 2.68. The van der Waals surface area contributed by atoms with E-state index in [1.54, 1.807) is 26.3 Å². The highest BCUT2D eigenvalue weighted by atomic mass is 16.6. The summed E-state index contributed by atoms with van der Waals surface area (Å²) in [5.41, 5.74) is 0.745. The Morgan fingerprint density at radius 2 is 2.32 bits per heavy atom. The molecule has 1 saturated heterocycles. The van der Waals surface area contributed by atoms with Crippen LogP contribution in [0.3, 0.4) is 0 Å². The molecule has 1 aromatic heterocycles. The maximum atomic E-state index is 11.2. The van der Waals surface area contributed by atoms with E-state index >= 15 is 0 Å². The van der Waals surface area contributed by atoms with Gasteiger partial charge in [-0.1, -0.05) is 6.92 Å². The summed E-state index contributed by atoms with van der Waals surface area (Å²) in [7, 11) is 1.68. The first kappa shape index (κ1) is 13.7. The molecular weight excluding hydrogens is 246 g/mol. The number of aryl methyl sites for hydroxylation is 1. The molecule has 2 rings (SSSR count). The Morgan fingerprint density at radius 1 is 1.58 bits per heavy atom. The molecule has 6 heteroatoms. The number of pyridine rings is 1. The van der Waals surface area contributed by atoms with Gasteiger partial charge in [-0.3, -0.25) is 10.1 Å². The van der Waals surface area contributed by atoms with Gasteiger partial charge in [0, 0.05) is 32.0 Å². The zero-order chi connectivity index (χ0) is 14.0. The summed E-state index contributed by atoms with van der Waals surface area (Å²) in [4.78, 5) is 17.0. The largest absolute Gasteiger partial charge is 0.379 e. The molecule has 2 heterocycles. The topological polar surface area (TPSA) is 68.5 Å². The molecule has 1 aromatic rings. The third-order valence-corrected chi connectivity index (χ3v) is 3.78. The average molecular weight is 265 g/mol. The van der Waals surface area contributed by atoms with Crippen molar-refractivity contribution in [1.29, 1.82) is 0 Å². The minimum atomic E-state index is -0.350. The molecule has 0 saturated carbocycles.